The van der Waals surface area contributed by atoms with Crippen LogP contribution in [0.3, 0.4) is 0 Å². The van der Waals surface area contributed by atoms with Gasteiger partial charge in [0.2, 0.25) is 0 Å². The topological polar surface area (TPSA) is 30.7 Å². The van der Waals surface area contributed by atoms with E-state index in [1.807, 2.05) is 42.5 Å². The van der Waals surface area contributed by atoms with Crippen LogP contribution in [0.5, 0.6) is 0 Å². The number of hydrogen-bond donors (Lipinski definition) is 0. The number of para-hydroxylation sites is 3. The summed E-state index contributed by atoms with van der Waals surface area (Å²) < 4.78 is 3.68. The maximum absolute atomic E-state index is 5.20. The third-order valence-electron chi connectivity index (χ3n) is 8.12. The third kappa shape index (κ3) is 6.93. The SMILES string of the molecule is CCCc1ccc2s[c-]c(-c3nc4ccccc4n3-c3c(C(C)C)cccc3C(C)C)c2c1.[Ir].[c-]1ccccc1-c1ccccn1. The number of rotatable bonds is 7. The number of thiophene rings is 1. The van der Waals surface area contributed by atoms with Crippen LogP contribution in [0.15, 0.2) is 109 Å². The molecular formula is C41H39IrN3S-2. The van der Waals surface area contributed by atoms with Crippen molar-refractivity contribution in [3.63, 3.8) is 0 Å². The average molecular weight is 798 g/mol. The molecule has 1 radical (unpaired) electrons. The molecule has 0 saturated carbocycles. The van der Waals surface area contributed by atoms with E-state index in [9.17, 15) is 0 Å². The van der Waals surface area contributed by atoms with E-state index in [1.54, 1.807) is 17.5 Å². The van der Waals surface area contributed by atoms with Crippen LogP contribution in [0, 0.1) is 11.4 Å². The molecule has 0 spiro atoms. The number of aromatic nitrogens is 3. The minimum Gasteiger partial charge on any atom is -0.333 e. The Morgan fingerprint density at radius 2 is 1.54 bits per heavy atom. The van der Waals surface area contributed by atoms with Gasteiger partial charge in [0, 0.05) is 32.0 Å². The van der Waals surface area contributed by atoms with Crippen molar-refractivity contribution in [1.82, 2.24) is 14.5 Å². The molecule has 0 atom stereocenters. The summed E-state index contributed by atoms with van der Waals surface area (Å²) in [5.41, 5.74) is 10.7. The minimum atomic E-state index is 0. The molecule has 0 saturated heterocycles. The van der Waals surface area contributed by atoms with Gasteiger partial charge in [0.25, 0.3) is 0 Å². The molecule has 3 heterocycles. The van der Waals surface area contributed by atoms with Crippen molar-refractivity contribution in [3.05, 3.63) is 137 Å². The van der Waals surface area contributed by atoms with Gasteiger partial charge in [0.15, 0.2) is 0 Å². The zero-order chi connectivity index (χ0) is 31.3. The minimum absolute atomic E-state index is 0. The number of hydrogen-bond acceptors (Lipinski definition) is 3. The second kappa shape index (κ2) is 15.1. The maximum Gasteiger partial charge on any atom is 0.0774 e. The molecule has 3 aromatic heterocycles. The normalized spacial score (nSPS) is 11.1. The second-order valence-corrected chi connectivity index (χ2v) is 12.9. The first-order chi connectivity index (χ1) is 22.0. The Morgan fingerprint density at radius 3 is 2.22 bits per heavy atom. The summed E-state index contributed by atoms with van der Waals surface area (Å²) in [5.74, 6) is 1.81. The summed E-state index contributed by atoms with van der Waals surface area (Å²) in [6.45, 7) is 11.4. The summed E-state index contributed by atoms with van der Waals surface area (Å²) in [5, 5.41) is 4.89. The molecule has 0 fully saturated rings. The molecule has 0 N–H and O–H groups in total. The van der Waals surface area contributed by atoms with Gasteiger partial charge in [0.1, 0.15) is 0 Å². The van der Waals surface area contributed by atoms with Crippen molar-refractivity contribution >= 4 is 32.5 Å². The number of pyridine rings is 1. The zero-order valence-electron chi connectivity index (χ0n) is 27.0. The van der Waals surface area contributed by atoms with E-state index in [1.165, 1.54) is 32.5 Å². The number of imidazole rings is 1. The van der Waals surface area contributed by atoms with Gasteiger partial charge >= 0.3 is 0 Å². The van der Waals surface area contributed by atoms with Gasteiger partial charge in [-0.15, -0.1) is 47.3 Å². The van der Waals surface area contributed by atoms with Crippen LogP contribution in [0.2, 0.25) is 0 Å². The first-order valence-corrected chi connectivity index (χ1v) is 16.7. The van der Waals surface area contributed by atoms with Gasteiger partial charge in [-0.3, -0.25) is 16.3 Å². The van der Waals surface area contributed by atoms with E-state index in [-0.39, 0.29) is 20.1 Å². The van der Waals surface area contributed by atoms with Crippen LogP contribution in [0.25, 0.3) is 49.5 Å². The quantitative estimate of drug-likeness (QED) is 0.150. The molecule has 7 aromatic rings. The Labute approximate surface area is 290 Å². The van der Waals surface area contributed by atoms with Crippen LogP contribution >= 0.6 is 11.3 Å². The van der Waals surface area contributed by atoms with Crippen molar-refractivity contribution < 1.29 is 20.1 Å². The van der Waals surface area contributed by atoms with E-state index >= 15 is 0 Å². The predicted molar refractivity (Wildman–Crippen MR) is 191 cm³/mol. The van der Waals surface area contributed by atoms with Gasteiger partial charge in [-0.2, -0.15) is 0 Å². The van der Waals surface area contributed by atoms with Crippen molar-refractivity contribution in [2.75, 3.05) is 0 Å². The second-order valence-electron chi connectivity index (χ2n) is 12.0. The summed E-state index contributed by atoms with van der Waals surface area (Å²) in [6.07, 6.45) is 4.03. The summed E-state index contributed by atoms with van der Waals surface area (Å²) in [7, 11) is 0. The summed E-state index contributed by atoms with van der Waals surface area (Å²) in [6, 6.07) is 39.0. The van der Waals surface area contributed by atoms with E-state index in [0.29, 0.717) is 11.8 Å². The van der Waals surface area contributed by atoms with Gasteiger partial charge < -0.3 is 9.55 Å². The van der Waals surface area contributed by atoms with Crippen molar-refractivity contribution in [1.29, 1.82) is 0 Å². The fraction of sp³-hybridized carbons (Fsp3) is 0.220. The molecule has 0 aliphatic carbocycles. The Balaban J connectivity index is 0.000000269. The van der Waals surface area contributed by atoms with E-state index in [2.05, 4.69) is 116 Å². The molecule has 0 aliphatic rings. The first-order valence-electron chi connectivity index (χ1n) is 15.9. The molecule has 46 heavy (non-hydrogen) atoms. The fourth-order valence-corrected chi connectivity index (χ4v) is 6.72. The number of fused-ring (bicyclic) bond motifs is 2. The van der Waals surface area contributed by atoms with Crippen LogP contribution < -0.4 is 0 Å². The Morgan fingerprint density at radius 1 is 0.804 bits per heavy atom. The Bertz CT molecular complexity index is 1960. The molecule has 4 aromatic carbocycles. The first kappa shape index (κ1) is 33.5. The van der Waals surface area contributed by atoms with Gasteiger partial charge in [-0.25, -0.2) is 0 Å². The van der Waals surface area contributed by atoms with Crippen LogP contribution in [0.1, 0.15) is 69.6 Å². The number of aryl methyl sites for hydroxylation is 1. The summed E-state index contributed by atoms with van der Waals surface area (Å²) >= 11 is 1.69. The number of nitrogens with zero attached hydrogens (tertiary/aromatic N) is 3. The largest absolute Gasteiger partial charge is 0.333 e. The molecule has 0 aliphatic heterocycles. The van der Waals surface area contributed by atoms with Crippen LogP contribution in [-0.4, -0.2) is 14.5 Å². The molecule has 235 valence electrons. The molecule has 0 bridgehead atoms. The van der Waals surface area contributed by atoms with Gasteiger partial charge in [0.05, 0.1) is 16.9 Å². The van der Waals surface area contributed by atoms with Gasteiger partial charge in [-0.05, 0) is 53.3 Å². The molecular weight excluding hydrogens is 759 g/mol. The predicted octanol–water partition coefficient (Wildman–Crippen LogP) is 11.5. The summed E-state index contributed by atoms with van der Waals surface area (Å²) in [4.78, 5) is 9.41. The third-order valence-corrected chi connectivity index (χ3v) is 9.00. The van der Waals surface area contributed by atoms with E-state index < -0.39 is 0 Å². The van der Waals surface area contributed by atoms with Crippen molar-refractivity contribution in [2.45, 2.75) is 59.3 Å². The molecule has 5 heteroatoms. The Hall–Kier alpha value is -3.89. The monoisotopic (exact) mass is 798 g/mol. The fourth-order valence-electron chi connectivity index (χ4n) is 5.90. The molecule has 0 unspecified atom stereocenters. The maximum atomic E-state index is 5.20. The van der Waals surface area contributed by atoms with Crippen LogP contribution in [-0.2, 0) is 26.5 Å². The van der Waals surface area contributed by atoms with E-state index in [4.69, 9.17) is 4.98 Å². The van der Waals surface area contributed by atoms with E-state index in [0.717, 1.165) is 46.5 Å². The van der Waals surface area contributed by atoms with Crippen molar-refractivity contribution in [2.24, 2.45) is 0 Å². The molecule has 0 amide bonds. The van der Waals surface area contributed by atoms with Gasteiger partial charge in [-0.1, -0.05) is 117 Å². The standard InChI is InChI=1S/C30H31N2S.C11H8N.Ir/c1-6-10-21-15-16-28-24(17-21)25(18-33-28)30-31-26-13-7-8-14-27(26)32(30)29-22(19(2)3)11-9-12-23(29)20(4)5;1-2-6-10(7-3-1)11-8-4-5-9-12-11;/h7-9,11-17,19-20H,6,10H2,1-5H3;1-6,8-9H;/q2*-1;. The molecule has 7 rings (SSSR count). The Kier molecular flexibility index (Phi) is 11.0. The van der Waals surface area contributed by atoms with Crippen LogP contribution in [0.4, 0.5) is 0 Å². The smallest absolute Gasteiger partial charge is 0.0774 e. The average Bonchev–Trinajstić information content (AvgIpc) is 3.66. The molecule has 3 nitrogen and oxygen atoms in total. The zero-order valence-corrected chi connectivity index (χ0v) is 30.3. The van der Waals surface area contributed by atoms with Crippen molar-refractivity contribution in [3.8, 4) is 28.3 Å². The number of benzene rings is 4.